The van der Waals surface area contributed by atoms with E-state index in [0.717, 1.165) is 5.56 Å². The lowest BCUT2D eigenvalue weighted by Crippen LogP contribution is -2.13. The molecule has 1 N–H and O–H groups in total. The SMILES string of the molecule is COC(=O)c1ccc(NC(=O)CCc2ccccc2)nc1. The highest BCUT2D eigenvalue weighted by atomic mass is 16.5. The highest BCUT2D eigenvalue weighted by Gasteiger charge is 2.07. The van der Waals surface area contributed by atoms with Gasteiger partial charge in [0.25, 0.3) is 0 Å². The molecule has 1 aromatic heterocycles. The van der Waals surface area contributed by atoms with Gasteiger partial charge in [0.1, 0.15) is 5.82 Å². The van der Waals surface area contributed by atoms with Gasteiger partial charge in [-0.15, -0.1) is 0 Å². The van der Waals surface area contributed by atoms with Gasteiger partial charge in [0.2, 0.25) is 5.91 Å². The minimum atomic E-state index is -0.454. The molecule has 2 aromatic rings. The van der Waals surface area contributed by atoms with E-state index in [0.29, 0.717) is 24.2 Å². The largest absolute Gasteiger partial charge is 0.465 e. The van der Waals surface area contributed by atoms with Crippen LogP contribution in [0.5, 0.6) is 0 Å². The third-order valence-electron chi connectivity index (χ3n) is 2.94. The number of hydrogen-bond acceptors (Lipinski definition) is 4. The Morgan fingerprint density at radius 1 is 1.14 bits per heavy atom. The van der Waals surface area contributed by atoms with Gasteiger partial charge >= 0.3 is 5.97 Å². The van der Waals surface area contributed by atoms with Crippen LogP contribution in [-0.2, 0) is 16.0 Å². The monoisotopic (exact) mass is 284 g/mol. The molecular formula is C16H16N2O3. The molecule has 0 spiro atoms. The standard InChI is InChI=1S/C16H16N2O3/c1-21-16(20)13-8-9-14(17-11-13)18-15(19)10-7-12-5-3-2-4-6-12/h2-6,8-9,11H,7,10H2,1H3,(H,17,18,19). The highest BCUT2D eigenvalue weighted by Crippen LogP contribution is 2.08. The molecule has 0 fully saturated rings. The van der Waals surface area contributed by atoms with Gasteiger partial charge in [-0.25, -0.2) is 9.78 Å². The molecule has 0 aliphatic heterocycles. The van der Waals surface area contributed by atoms with Crippen molar-refractivity contribution < 1.29 is 14.3 Å². The number of methoxy groups -OCH3 is 1. The maximum Gasteiger partial charge on any atom is 0.339 e. The molecule has 0 aliphatic carbocycles. The van der Waals surface area contributed by atoms with Crippen molar-refractivity contribution in [3.8, 4) is 0 Å². The summed E-state index contributed by atoms with van der Waals surface area (Å²) in [7, 11) is 1.31. The van der Waals surface area contributed by atoms with Crippen molar-refractivity contribution in [3.63, 3.8) is 0 Å². The third-order valence-corrected chi connectivity index (χ3v) is 2.94. The molecule has 2 rings (SSSR count). The first-order chi connectivity index (χ1) is 10.2. The molecule has 0 aliphatic rings. The second-order valence-corrected chi connectivity index (χ2v) is 4.46. The number of aromatic nitrogens is 1. The quantitative estimate of drug-likeness (QED) is 0.856. The van der Waals surface area contributed by atoms with Gasteiger partial charge in [-0.3, -0.25) is 4.79 Å². The summed E-state index contributed by atoms with van der Waals surface area (Å²) in [4.78, 5) is 27.1. The maximum absolute atomic E-state index is 11.8. The van der Waals surface area contributed by atoms with Gasteiger partial charge in [-0.2, -0.15) is 0 Å². The fourth-order valence-electron chi connectivity index (χ4n) is 1.81. The van der Waals surface area contributed by atoms with Crippen molar-refractivity contribution >= 4 is 17.7 Å². The number of ether oxygens (including phenoxy) is 1. The number of anilines is 1. The van der Waals surface area contributed by atoms with Gasteiger partial charge < -0.3 is 10.1 Å². The molecule has 1 aromatic carbocycles. The molecule has 0 radical (unpaired) electrons. The van der Waals surface area contributed by atoms with Crippen LogP contribution in [0.1, 0.15) is 22.3 Å². The van der Waals surface area contributed by atoms with E-state index in [1.54, 1.807) is 12.1 Å². The number of pyridine rings is 1. The minimum absolute atomic E-state index is 0.114. The van der Waals surface area contributed by atoms with E-state index < -0.39 is 5.97 Å². The fraction of sp³-hybridized carbons (Fsp3) is 0.188. The van der Waals surface area contributed by atoms with Gasteiger partial charge in [-0.05, 0) is 24.1 Å². The number of benzene rings is 1. The average molecular weight is 284 g/mol. The topological polar surface area (TPSA) is 68.3 Å². The smallest absolute Gasteiger partial charge is 0.339 e. The summed E-state index contributed by atoms with van der Waals surface area (Å²) in [5.74, 6) is -0.151. The predicted octanol–water partition coefficient (Wildman–Crippen LogP) is 2.44. The Balaban J connectivity index is 1.86. The number of carbonyl (C=O) groups excluding carboxylic acids is 2. The molecule has 5 heteroatoms. The lowest BCUT2D eigenvalue weighted by molar-refractivity contribution is -0.116. The van der Waals surface area contributed by atoms with Crippen molar-refractivity contribution in [3.05, 3.63) is 59.8 Å². The number of aryl methyl sites for hydroxylation is 1. The van der Waals surface area contributed by atoms with Crippen LogP contribution in [0, 0.1) is 0 Å². The van der Waals surface area contributed by atoms with Gasteiger partial charge in [0.05, 0.1) is 12.7 Å². The Labute approximate surface area is 123 Å². The van der Waals surface area contributed by atoms with Gasteiger partial charge in [0.15, 0.2) is 0 Å². The zero-order valence-electron chi connectivity index (χ0n) is 11.7. The van der Waals surface area contributed by atoms with Crippen molar-refractivity contribution in [1.82, 2.24) is 4.98 Å². The molecule has 0 saturated carbocycles. The van der Waals surface area contributed by atoms with Crippen LogP contribution in [0.15, 0.2) is 48.7 Å². The summed E-state index contributed by atoms with van der Waals surface area (Å²) in [5, 5.41) is 2.69. The van der Waals surface area contributed by atoms with E-state index in [-0.39, 0.29) is 5.91 Å². The van der Waals surface area contributed by atoms with Crippen LogP contribution in [0.25, 0.3) is 0 Å². The molecule has 1 heterocycles. The van der Waals surface area contributed by atoms with Crippen molar-refractivity contribution in [2.75, 3.05) is 12.4 Å². The van der Waals surface area contributed by atoms with Crippen LogP contribution in [0.4, 0.5) is 5.82 Å². The number of rotatable bonds is 5. The summed E-state index contributed by atoms with van der Waals surface area (Å²) in [6.07, 6.45) is 2.43. The molecular weight excluding hydrogens is 268 g/mol. The zero-order valence-corrected chi connectivity index (χ0v) is 11.7. The van der Waals surface area contributed by atoms with Crippen molar-refractivity contribution in [2.24, 2.45) is 0 Å². The number of nitrogens with one attached hydrogen (secondary N) is 1. The van der Waals surface area contributed by atoms with Crippen molar-refractivity contribution in [1.29, 1.82) is 0 Å². The van der Waals surface area contributed by atoms with E-state index in [2.05, 4.69) is 15.0 Å². The van der Waals surface area contributed by atoms with Crippen LogP contribution in [-0.4, -0.2) is 24.0 Å². The van der Waals surface area contributed by atoms with E-state index in [4.69, 9.17) is 0 Å². The maximum atomic E-state index is 11.8. The summed E-state index contributed by atoms with van der Waals surface area (Å²) < 4.78 is 4.58. The van der Waals surface area contributed by atoms with Gasteiger partial charge in [0, 0.05) is 12.6 Å². The summed E-state index contributed by atoms with van der Waals surface area (Å²) in [6.45, 7) is 0. The Morgan fingerprint density at radius 3 is 2.52 bits per heavy atom. The molecule has 108 valence electrons. The normalized spacial score (nSPS) is 9.95. The first kappa shape index (κ1) is 14.7. The molecule has 0 bridgehead atoms. The van der Waals surface area contributed by atoms with Crippen LogP contribution in [0.3, 0.4) is 0 Å². The summed E-state index contributed by atoms with van der Waals surface area (Å²) >= 11 is 0. The number of amides is 1. The molecule has 0 unspecified atom stereocenters. The molecule has 0 atom stereocenters. The van der Waals surface area contributed by atoms with E-state index in [1.807, 2.05) is 30.3 Å². The molecule has 1 amide bonds. The number of carbonyl (C=O) groups is 2. The second kappa shape index (κ2) is 7.19. The number of hydrogen-bond donors (Lipinski definition) is 1. The predicted molar refractivity (Wildman–Crippen MR) is 79.0 cm³/mol. The first-order valence-electron chi connectivity index (χ1n) is 6.57. The van der Waals surface area contributed by atoms with Crippen molar-refractivity contribution in [2.45, 2.75) is 12.8 Å². The summed E-state index contributed by atoms with van der Waals surface area (Å²) in [5.41, 5.74) is 1.46. The van der Waals surface area contributed by atoms with E-state index in [1.165, 1.54) is 13.3 Å². The Morgan fingerprint density at radius 2 is 1.90 bits per heavy atom. The zero-order chi connectivity index (χ0) is 15.1. The second-order valence-electron chi connectivity index (χ2n) is 4.46. The lowest BCUT2D eigenvalue weighted by Gasteiger charge is -2.05. The highest BCUT2D eigenvalue weighted by molar-refractivity contribution is 5.91. The molecule has 5 nitrogen and oxygen atoms in total. The van der Waals surface area contributed by atoms with Crippen LogP contribution < -0.4 is 5.32 Å². The average Bonchev–Trinajstić information content (AvgIpc) is 2.54. The van der Waals surface area contributed by atoms with E-state index >= 15 is 0 Å². The van der Waals surface area contributed by atoms with Crippen LogP contribution in [0.2, 0.25) is 0 Å². The Bertz CT molecular complexity index is 609. The Hall–Kier alpha value is -2.69. The molecule has 0 saturated heterocycles. The molecule has 21 heavy (non-hydrogen) atoms. The third kappa shape index (κ3) is 4.42. The van der Waals surface area contributed by atoms with Crippen LogP contribution >= 0.6 is 0 Å². The van der Waals surface area contributed by atoms with Gasteiger partial charge in [-0.1, -0.05) is 30.3 Å². The fourth-order valence-corrected chi connectivity index (χ4v) is 1.81. The van der Waals surface area contributed by atoms with E-state index in [9.17, 15) is 9.59 Å². The summed E-state index contributed by atoms with van der Waals surface area (Å²) in [6, 6.07) is 12.9. The number of nitrogens with zero attached hydrogens (tertiary/aromatic N) is 1. The number of esters is 1. The first-order valence-corrected chi connectivity index (χ1v) is 6.57. The Kier molecular flexibility index (Phi) is 5.04. The minimum Gasteiger partial charge on any atom is -0.465 e. The lowest BCUT2D eigenvalue weighted by atomic mass is 10.1.